The van der Waals surface area contributed by atoms with E-state index in [2.05, 4.69) is 10.4 Å². The Morgan fingerprint density at radius 1 is 1.26 bits per heavy atom. The molecule has 2 aromatic rings. The Bertz CT molecular complexity index is 1080. The van der Waals surface area contributed by atoms with Gasteiger partial charge in [0.05, 0.1) is 19.3 Å². The van der Waals surface area contributed by atoms with Gasteiger partial charge in [0, 0.05) is 35.6 Å². The summed E-state index contributed by atoms with van der Waals surface area (Å²) < 4.78 is 5.37. The van der Waals surface area contributed by atoms with Crippen molar-refractivity contribution in [1.82, 2.24) is 15.4 Å². The van der Waals surface area contributed by atoms with Crippen molar-refractivity contribution in [2.75, 3.05) is 19.5 Å². The molecule has 0 radical (unpaired) electrons. The van der Waals surface area contributed by atoms with Crippen LogP contribution in [0.5, 0.6) is 5.75 Å². The zero-order valence-corrected chi connectivity index (χ0v) is 21.3. The van der Waals surface area contributed by atoms with Crippen LogP contribution in [0.2, 0.25) is 0 Å². The lowest BCUT2D eigenvalue weighted by atomic mass is 9.88. The molecular weight excluding hydrogens is 470 g/mol. The van der Waals surface area contributed by atoms with E-state index in [4.69, 9.17) is 16.3 Å². The second kappa shape index (κ2) is 12.2. The maximum Gasteiger partial charge on any atom is 0.255 e. The fraction of sp³-hybridized carbons (Fsp3) is 0.538. The number of aromatic amines is 1. The molecule has 0 aliphatic heterocycles. The summed E-state index contributed by atoms with van der Waals surface area (Å²) in [6, 6.07) is 7.24. The first-order valence-electron chi connectivity index (χ1n) is 12.1. The molecule has 0 spiro atoms. The molecule has 0 unspecified atom stereocenters. The number of ketones is 2. The molecule has 8 nitrogen and oxygen atoms in total. The molecular formula is C26H34ClN3O5. The third kappa shape index (κ3) is 6.84. The van der Waals surface area contributed by atoms with E-state index < -0.39 is 17.7 Å². The molecule has 2 N–H and O–H groups in total. The summed E-state index contributed by atoms with van der Waals surface area (Å²) in [4.78, 5) is 54.3. The molecule has 1 aromatic carbocycles. The second-order valence-electron chi connectivity index (χ2n) is 9.58. The SMILES string of the molecule is COc1cccc2[nH]c(C(=O)C[C@@H](CC(C)C)C(=O)NN(C[C@@H]3CCCCC3=O)C(=O)CCl)cc12. The number of nitrogens with zero attached hydrogens (tertiary/aromatic N) is 1. The molecule has 35 heavy (non-hydrogen) atoms. The normalized spacial score (nSPS) is 16.8. The number of carbonyl (C=O) groups excluding carboxylic acids is 4. The van der Waals surface area contributed by atoms with Crippen LogP contribution in [-0.2, 0) is 14.4 Å². The monoisotopic (exact) mass is 503 g/mol. The zero-order valence-electron chi connectivity index (χ0n) is 20.6. The fourth-order valence-electron chi connectivity index (χ4n) is 4.62. The van der Waals surface area contributed by atoms with Crippen LogP contribution in [0.3, 0.4) is 0 Å². The minimum atomic E-state index is -0.650. The van der Waals surface area contributed by atoms with Crippen LogP contribution in [0.25, 0.3) is 10.9 Å². The minimum Gasteiger partial charge on any atom is -0.496 e. The van der Waals surface area contributed by atoms with Gasteiger partial charge in [-0.1, -0.05) is 26.3 Å². The third-order valence-corrected chi connectivity index (χ3v) is 6.68. The average Bonchev–Trinajstić information content (AvgIpc) is 3.28. The fourth-order valence-corrected chi connectivity index (χ4v) is 4.76. The summed E-state index contributed by atoms with van der Waals surface area (Å²) in [5.74, 6) is -1.49. The standard InChI is InChI=1S/C26H34ClN3O5/c1-16(2)11-18(12-23(32)21-13-19-20(28-21)8-6-10-24(19)35-3)26(34)29-30(25(33)14-27)15-17-7-4-5-9-22(17)31/h6,8,10,13,16-18,28H,4-5,7,9,11-12,14-15H2,1-3H3,(H,29,34)/t17-,18+/m0/s1. The number of carbonyl (C=O) groups is 4. The Hall–Kier alpha value is -2.87. The van der Waals surface area contributed by atoms with Crippen LogP contribution in [0.1, 0.15) is 62.9 Å². The van der Waals surface area contributed by atoms with E-state index in [-0.39, 0.29) is 42.2 Å². The van der Waals surface area contributed by atoms with Gasteiger partial charge in [-0.2, -0.15) is 0 Å². The van der Waals surface area contributed by atoms with Gasteiger partial charge in [-0.3, -0.25) is 29.6 Å². The van der Waals surface area contributed by atoms with Crippen LogP contribution in [0.15, 0.2) is 24.3 Å². The number of ether oxygens (including phenoxy) is 1. The highest BCUT2D eigenvalue weighted by Gasteiger charge is 2.30. The summed E-state index contributed by atoms with van der Waals surface area (Å²) in [5.41, 5.74) is 3.84. The number of hydrazine groups is 1. The van der Waals surface area contributed by atoms with Crippen molar-refractivity contribution < 1.29 is 23.9 Å². The van der Waals surface area contributed by atoms with E-state index in [9.17, 15) is 19.2 Å². The predicted molar refractivity (Wildman–Crippen MR) is 134 cm³/mol. The van der Waals surface area contributed by atoms with Gasteiger partial charge in [0.15, 0.2) is 5.78 Å². The van der Waals surface area contributed by atoms with Gasteiger partial charge in [0.25, 0.3) is 5.91 Å². The number of hydrogen-bond acceptors (Lipinski definition) is 5. The summed E-state index contributed by atoms with van der Waals surface area (Å²) >= 11 is 5.78. The van der Waals surface area contributed by atoms with Crippen molar-refractivity contribution in [3.8, 4) is 5.75 Å². The first kappa shape index (κ1) is 26.7. The van der Waals surface area contributed by atoms with Crippen molar-refractivity contribution >= 4 is 45.9 Å². The van der Waals surface area contributed by atoms with Crippen molar-refractivity contribution in [3.63, 3.8) is 0 Å². The number of halogens is 1. The Morgan fingerprint density at radius 3 is 2.69 bits per heavy atom. The van der Waals surface area contributed by atoms with Gasteiger partial charge < -0.3 is 9.72 Å². The maximum atomic E-state index is 13.3. The number of fused-ring (bicyclic) bond motifs is 1. The quantitative estimate of drug-likeness (QED) is 0.286. The maximum absolute atomic E-state index is 13.3. The van der Waals surface area contributed by atoms with Gasteiger partial charge in [-0.25, -0.2) is 0 Å². The van der Waals surface area contributed by atoms with E-state index in [0.29, 0.717) is 30.7 Å². The Balaban J connectivity index is 1.75. The van der Waals surface area contributed by atoms with Crippen LogP contribution in [0.4, 0.5) is 0 Å². The highest BCUT2D eigenvalue weighted by atomic mass is 35.5. The van der Waals surface area contributed by atoms with Gasteiger partial charge in [0.2, 0.25) is 5.91 Å². The molecule has 1 heterocycles. The number of alkyl halides is 1. The molecule has 1 aliphatic rings. The molecule has 9 heteroatoms. The van der Waals surface area contributed by atoms with E-state index in [1.807, 2.05) is 32.0 Å². The summed E-state index contributed by atoms with van der Waals surface area (Å²) in [6.45, 7) is 4.04. The molecule has 1 aromatic heterocycles. The number of nitrogens with one attached hydrogen (secondary N) is 2. The Labute approximate surface area is 210 Å². The van der Waals surface area contributed by atoms with Crippen molar-refractivity contribution in [3.05, 3.63) is 30.0 Å². The number of aromatic nitrogens is 1. The van der Waals surface area contributed by atoms with E-state index >= 15 is 0 Å². The molecule has 2 atom stereocenters. The Morgan fingerprint density at radius 2 is 2.03 bits per heavy atom. The number of Topliss-reactive ketones (excluding diaryl/α,β-unsaturated/α-hetero) is 2. The molecule has 2 amide bonds. The first-order valence-corrected chi connectivity index (χ1v) is 12.6. The molecule has 0 saturated heterocycles. The number of benzene rings is 1. The second-order valence-corrected chi connectivity index (χ2v) is 9.85. The molecule has 3 rings (SSSR count). The molecule has 1 fully saturated rings. The molecule has 1 aliphatic carbocycles. The highest BCUT2D eigenvalue weighted by Crippen LogP contribution is 2.28. The lowest BCUT2D eigenvalue weighted by Gasteiger charge is -2.30. The van der Waals surface area contributed by atoms with Crippen LogP contribution >= 0.6 is 11.6 Å². The summed E-state index contributed by atoms with van der Waals surface area (Å²) in [7, 11) is 1.57. The topological polar surface area (TPSA) is 109 Å². The lowest BCUT2D eigenvalue weighted by molar-refractivity contribution is -0.143. The van der Waals surface area contributed by atoms with Crippen molar-refractivity contribution in [2.24, 2.45) is 17.8 Å². The number of methoxy groups -OCH3 is 1. The molecule has 190 valence electrons. The highest BCUT2D eigenvalue weighted by molar-refractivity contribution is 6.27. The number of rotatable bonds is 10. The summed E-state index contributed by atoms with van der Waals surface area (Å²) in [5, 5.41) is 1.95. The predicted octanol–water partition coefficient (Wildman–Crippen LogP) is 4.27. The Kier molecular flexibility index (Phi) is 9.32. The van der Waals surface area contributed by atoms with E-state index in [1.54, 1.807) is 13.2 Å². The molecule has 1 saturated carbocycles. The largest absolute Gasteiger partial charge is 0.496 e. The van der Waals surface area contributed by atoms with Crippen molar-refractivity contribution in [2.45, 2.75) is 52.4 Å². The van der Waals surface area contributed by atoms with Crippen LogP contribution in [-0.4, -0.2) is 52.9 Å². The van der Waals surface area contributed by atoms with Crippen molar-refractivity contribution in [1.29, 1.82) is 0 Å². The summed E-state index contributed by atoms with van der Waals surface area (Å²) in [6.07, 6.45) is 3.37. The third-order valence-electron chi connectivity index (χ3n) is 6.45. The van der Waals surface area contributed by atoms with Gasteiger partial charge in [-0.15, -0.1) is 11.6 Å². The van der Waals surface area contributed by atoms with E-state index in [0.717, 1.165) is 28.8 Å². The van der Waals surface area contributed by atoms with Gasteiger partial charge in [-0.05, 0) is 43.4 Å². The average molecular weight is 504 g/mol. The van der Waals surface area contributed by atoms with Crippen LogP contribution < -0.4 is 10.2 Å². The number of H-pyrrole nitrogens is 1. The lowest BCUT2D eigenvalue weighted by Crippen LogP contribution is -2.52. The zero-order chi connectivity index (χ0) is 25.5. The van der Waals surface area contributed by atoms with E-state index in [1.165, 1.54) is 0 Å². The smallest absolute Gasteiger partial charge is 0.255 e. The minimum absolute atomic E-state index is 0.0234. The molecule has 0 bridgehead atoms. The number of amides is 2. The van der Waals surface area contributed by atoms with Gasteiger partial charge in [0.1, 0.15) is 17.4 Å². The first-order chi connectivity index (χ1) is 16.7. The number of hydrogen-bond donors (Lipinski definition) is 2. The van der Waals surface area contributed by atoms with Crippen LogP contribution in [0, 0.1) is 17.8 Å². The van der Waals surface area contributed by atoms with Gasteiger partial charge >= 0.3 is 0 Å².